The van der Waals surface area contributed by atoms with Gasteiger partial charge >= 0.3 is 0 Å². The van der Waals surface area contributed by atoms with Gasteiger partial charge in [0.25, 0.3) is 0 Å². The minimum Gasteiger partial charge on any atom is -0.283 e. The predicted molar refractivity (Wildman–Crippen MR) is 61.8 cm³/mol. The SMILES string of the molecule is N#CCCN(CC1CC1)Cn1cc(Cl)cn1. The van der Waals surface area contributed by atoms with Crippen LogP contribution in [0.3, 0.4) is 0 Å². The largest absolute Gasteiger partial charge is 0.283 e. The third-order valence-corrected chi connectivity index (χ3v) is 2.89. The molecule has 1 aliphatic rings. The van der Waals surface area contributed by atoms with Crippen molar-refractivity contribution in [1.29, 1.82) is 5.26 Å². The molecule has 4 nitrogen and oxygen atoms in total. The molecule has 5 heteroatoms. The highest BCUT2D eigenvalue weighted by atomic mass is 35.5. The summed E-state index contributed by atoms with van der Waals surface area (Å²) in [6, 6.07) is 2.19. The van der Waals surface area contributed by atoms with E-state index in [4.69, 9.17) is 16.9 Å². The molecule has 2 rings (SSSR count). The Labute approximate surface area is 100 Å². The van der Waals surface area contributed by atoms with E-state index in [1.165, 1.54) is 12.8 Å². The van der Waals surface area contributed by atoms with Gasteiger partial charge in [0.2, 0.25) is 0 Å². The molecule has 1 aromatic heterocycles. The zero-order valence-corrected chi connectivity index (χ0v) is 9.90. The summed E-state index contributed by atoms with van der Waals surface area (Å²) in [5.41, 5.74) is 0. The van der Waals surface area contributed by atoms with Crippen LogP contribution in [0.15, 0.2) is 12.4 Å². The molecule has 0 amide bonds. The van der Waals surface area contributed by atoms with Crippen LogP contribution in [0.5, 0.6) is 0 Å². The van der Waals surface area contributed by atoms with Crippen molar-refractivity contribution in [2.45, 2.75) is 25.9 Å². The van der Waals surface area contributed by atoms with E-state index in [0.29, 0.717) is 11.4 Å². The molecular weight excluding hydrogens is 224 g/mol. The number of rotatable bonds is 6. The molecule has 1 fully saturated rings. The van der Waals surface area contributed by atoms with Crippen LogP contribution in [0, 0.1) is 17.2 Å². The maximum atomic E-state index is 8.61. The van der Waals surface area contributed by atoms with Crippen LogP contribution in [0.2, 0.25) is 5.02 Å². The average Bonchev–Trinajstić information content (AvgIpc) is 2.98. The van der Waals surface area contributed by atoms with Crippen LogP contribution in [0.25, 0.3) is 0 Å². The first-order valence-corrected chi connectivity index (χ1v) is 5.93. The molecule has 16 heavy (non-hydrogen) atoms. The first-order valence-electron chi connectivity index (χ1n) is 5.55. The van der Waals surface area contributed by atoms with Gasteiger partial charge in [-0.05, 0) is 18.8 Å². The summed E-state index contributed by atoms with van der Waals surface area (Å²) in [6.07, 6.45) is 6.67. The number of nitriles is 1. The van der Waals surface area contributed by atoms with Crippen molar-refractivity contribution in [3.63, 3.8) is 0 Å². The van der Waals surface area contributed by atoms with Crippen LogP contribution in [-0.4, -0.2) is 27.8 Å². The zero-order chi connectivity index (χ0) is 11.4. The Bertz CT molecular complexity index is 378. The molecule has 0 aliphatic heterocycles. The van der Waals surface area contributed by atoms with Crippen molar-refractivity contribution < 1.29 is 0 Å². The van der Waals surface area contributed by atoms with E-state index in [2.05, 4.69) is 16.1 Å². The fraction of sp³-hybridized carbons (Fsp3) is 0.636. The first-order chi connectivity index (χ1) is 7.78. The van der Waals surface area contributed by atoms with Crippen molar-refractivity contribution in [2.75, 3.05) is 13.1 Å². The normalized spacial score (nSPS) is 15.3. The average molecular weight is 239 g/mol. The summed E-state index contributed by atoms with van der Waals surface area (Å²) >= 11 is 5.81. The summed E-state index contributed by atoms with van der Waals surface area (Å²) in [6.45, 7) is 2.61. The highest BCUT2D eigenvalue weighted by Gasteiger charge is 2.24. The third kappa shape index (κ3) is 3.51. The summed E-state index contributed by atoms with van der Waals surface area (Å²) in [7, 11) is 0. The maximum Gasteiger partial charge on any atom is 0.0929 e. The second-order valence-corrected chi connectivity index (χ2v) is 4.70. The third-order valence-electron chi connectivity index (χ3n) is 2.70. The Hall–Kier alpha value is -1.05. The van der Waals surface area contributed by atoms with Crippen LogP contribution in [0.1, 0.15) is 19.3 Å². The monoisotopic (exact) mass is 238 g/mol. The topological polar surface area (TPSA) is 44.9 Å². The van der Waals surface area contributed by atoms with Crippen molar-refractivity contribution in [3.8, 4) is 6.07 Å². The Morgan fingerprint density at radius 1 is 1.62 bits per heavy atom. The summed E-state index contributed by atoms with van der Waals surface area (Å²) in [4.78, 5) is 2.27. The van der Waals surface area contributed by atoms with Gasteiger partial charge in [-0.1, -0.05) is 11.6 Å². The van der Waals surface area contributed by atoms with Gasteiger partial charge in [0.05, 0.1) is 24.0 Å². The van der Waals surface area contributed by atoms with E-state index >= 15 is 0 Å². The van der Waals surface area contributed by atoms with Gasteiger partial charge in [-0.15, -0.1) is 0 Å². The molecule has 0 unspecified atom stereocenters. The summed E-state index contributed by atoms with van der Waals surface area (Å²) in [5.74, 6) is 0.824. The van der Waals surface area contributed by atoms with Crippen LogP contribution in [0.4, 0.5) is 0 Å². The standard InChI is InChI=1S/C11H15ClN4/c12-11-6-14-16(8-11)9-15(5-1-4-13)7-10-2-3-10/h6,8,10H,1-3,5,7,9H2. The minimum absolute atomic E-state index is 0.571. The van der Waals surface area contributed by atoms with Gasteiger partial charge in [0, 0.05) is 25.7 Å². The summed E-state index contributed by atoms with van der Waals surface area (Å²) in [5, 5.41) is 13.4. The van der Waals surface area contributed by atoms with Crippen molar-refractivity contribution in [3.05, 3.63) is 17.4 Å². The zero-order valence-electron chi connectivity index (χ0n) is 9.14. The molecular formula is C11H15ClN4. The fourth-order valence-corrected chi connectivity index (χ4v) is 1.87. The highest BCUT2D eigenvalue weighted by molar-refractivity contribution is 6.30. The molecule has 1 aromatic rings. The molecule has 1 heterocycles. The van der Waals surface area contributed by atoms with E-state index in [1.54, 1.807) is 6.20 Å². The maximum absolute atomic E-state index is 8.61. The number of halogens is 1. The lowest BCUT2D eigenvalue weighted by atomic mass is 10.3. The molecule has 0 radical (unpaired) electrons. The summed E-state index contributed by atoms with van der Waals surface area (Å²) < 4.78 is 1.82. The number of hydrogen-bond acceptors (Lipinski definition) is 3. The molecule has 0 spiro atoms. The Morgan fingerprint density at radius 2 is 2.44 bits per heavy atom. The quantitative estimate of drug-likeness (QED) is 0.763. The highest BCUT2D eigenvalue weighted by Crippen LogP contribution is 2.29. The van der Waals surface area contributed by atoms with Crippen LogP contribution >= 0.6 is 11.6 Å². The second-order valence-electron chi connectivity index (χ2n) is 4.27. The minimum atomic E-state index is 0.571. The number of aromatic nitrogens is 2. The van der Waals surface area contributed by atoms with Crippen molar-refractivity contribution in [2.24, 2.45) is 5.92 Å². The smallest absolute Gasteiger partial charge is 0.0929 e. The van der Waals surface area contributed by atoms with E-state index in [1.807, 2.05) is 10.9 Å². The molecule has 0 N–H and O–H groups in total. The molecule has 0 saturated heterocycles. The predicted octanol–water partition coefficient (Wildman–Crippen LogP) is 2.12. The van der Waals surface area contributed by atoms with Gasteiger partial charge in [-0.3, -0.25) is 9.58 Å². The second kappa shape index (κ2) is 5.33. The molecule has 0 atom stereocenters. The van der Waals surface area contributed by atoms with Crippen LogP contribution in [-0.2, 0) is 6.67 Å². The van der Waals surface area contributed by atoms with Crippen molar-refractivity contribution in [1.82, 2.24) is 14.7 Å². The number of nitrogens with zero attached hydrogens (tertiary/aromatic N) is 4. The van der Waals surface area contributed by atoms with Gasteiger partial charge < -0.3 is 0 Å². The lowest BCUT2D eigenvalue weighted by Crippen LogP contribution is -2.29. The van der Waals surface area contributed by atoms with E-state index in [0.717, 1.165) is 25.7 Å². The van der Waals surface area contributed by atoms with Gasteiger partial charge in [-0.2, -0.15) is 10.4 Å². The van der Waals surface area contributed by atoms with E-state index in [-0.39, 0.29) is 0 Å². The van der Waals surface area contributed by atoms with E-state index < -0.39 is 0 Å². The number of hydrogen-bond donors (Lipinski definition) is 0. The fourth-order valence-electron chi connectivity index (χ4n) is 1.71. The Morgan fingerprint density at radius 3 is 3.00 bits per heavy atom. The lowest BCUT2D eigenvalue weighted by molar-refractivity contribution is 0.203. The van der Waals surface area contributed by atoms with Gasteiger partial charge in [0.15, 0.2) is 0 Å². The van der Waals surface area contributed by atoms with Gasteiger partial charge in [-0.25, -0.2) is 0 Å². The lowest BCUT2D eigenvalue weighted by Gasteiger charge is -2.20. The molecule has 0 bridgehead atoms. The Kier molecular flexibility index (Phi) is 3.81. The molecule has 1 aliphatic carbocycles. The van der Waals surface area contributed by atoms with Crippen molar-refractivity contribution >= 4 is 11.6 Å². The molecule has 0 aromatic carbocycles. The van der Waals surface area contributed by atoms with Gasteiger partial charge in [0.1, 0.15) is 0 Å². The van der Waals surface area contributed by atoms with Crippen LogP contribution < -0.4 is 0 Å². The Balaban J connectivity index is 1.87. The molecule has 1 saturated carbocycles. The van der Waals surface area contributed by atoms with E-state index in [9.17, 15) is 0 Å². The molecule has 86 valence electrons. The first kappa shape index (κ1) is 11.4.